The summed E-state index contributed by atoms with van der Waals surface area (Å²) in [6.07, 6.45) is 2.69. The van der Waals surface area contributed by atoms with Crippen molar-refractivity contribution in [3.63, 3.8) is 0 Å². The fourth-order valence-electron chi connectivity index (χ4n) is 1.70. The van der Waals surface area contributed by atoms with Gasteiger partial charge in [-0.2, -0.15) is 0 Å². The lowest BCUT2D eigenvalue weighted by atomic mass is 10.2. The van der Waals surface area contributed by atoms with Gasteiger partial charge in [0, 0.05) is 35.4 Å². The van der Waals surface area contributed by atoms with Crippen LogP contribution in [0, 0.1) is 0 Å². The first kappa shape index (κ1) is 13.6. The lowest BCUT2D eigenvalue weighted by molar-refractivity contribution is 0.534. The largest absolute Gasteiger partial charge is 0.308 e. The second-order valence-corrected chi connectivity index (χ2v) is 7.09. The second kappa shape index (κ2) is 6.41. The first-order valence-corrected chi connectivity index (χ1v) is 8.57. The van der Waals surface area contributed by atoms with Gasteiger partial charge in [0.1, 0.15) is 5.01 Å². The molecule has 0 saturated carbocycles. The molecular weight excluding hydrogens is 264 g/mol. The highest BCUT2D eigenvalue weighted by Crippen LogP contribution is 2.21. The standard InChI is InChI=1S/C13H18N2OS2/c1-10(7-8-18(2)16)14-9-13-15-11-5-3-4-6-12(11)17-13/h3-6,10,14H,7-9H2,1-2H3. The van der Waals surface area contributed by atoms with E-state index < -0.39 is 10.8 Å². The van der Waals surface area contributed by atoms with Crippen molar-refractivity contribution in [2.45, 2.75) is 25.9 Å². The smallest absolute Gasteiger partial charge is 0.108 e. The van der Waals surface area contributed by atoms with E-state index >= 15 is 0 Å². The molecule has 0 spiro atoms. The van der Waals surface area contributed by atoms with E-state index in [2.05, 4.69) is 23.3 Å². The van der Waals surface area contributed by atoms with Crippen LogP contribution >= 0.6 is 11.3 Å². The van der Waals surface area contributed by atoms with Gasteiger partial charge in [-0.1, -0.05) is 12.1 Å². The molecule has 1 aromatic carbocycles. The molecule has 0 aliphatic heterocycles. The van der Waals surface area contributed by atoms with E-state index in [1.807, 2.05) is 18.2 Å². The Hall–Kier alpha value is -0.780. The third-order valence-electron chi connectivity index (χ3n) is 2.78. The number of hydrogen-bond donors (Lipinski definition) is 1. The van der Waals surface area contributed by atoms with Gasteiger partial charge in [-0.15, -0.1) is 11.3 Å². The number of hydrogen-bond acceptors (Lipinski definition) is 4. The molecule has 5 heteroatoms. The van der Waals surface area contributed by atoms with E-state index in [1.165, 1.54) is 4.70 Å². The van der Waals surface area contributed by atoms with Crippen LogP contribution < -0.4 is 5.32 Å². The first-order chi connectivity index (χ1) is 8.65. The third-order valence-corrected chi connectivity index (χ3v) is 4.63. The molecule has 1 aromatic heterocycles. The summed E-state index contributed by atoms with van der Waals surface area (Å²) in [5.41, 5.74) is 1.07. The zero-order chi connectivity index (χ0) is 13.0. The fourth-order valence-corrected chi connectivity index (χ4v) is 3.31. The Kier molecular flexibility index (Phi) is 4.86. The molecule has 0 bridgehead atoms. The van der Waals surface area contributed by atoms with Crippen molar-refractivity contribution < 1.29 is 4.21 Å². The maximum atomic E-state index is 11.0. The average Bonchev–Trinajstić information content (AvgIpc) is 2.76. The van der Waals surface area contributed by atoms with Crippen molar-refractivity contribution in [3.8, 4) is 0 Å². The molecule has 0 amide bonds. The zero-order valence-electron chi connectivity index (χ0n) is 10.7. The van der Waals surface area contributed by atoms with Gasteiger partial charge >= 0.3 is 0 Å². The van der Waals surface area contributed by atoms with Gasteiger partial charge in [0.2, 0.25) is 0 Å². The van der Waals surface area contributed by atoms with Gasteiger partial charge in [-0.05, 0) is 25.5 Å². The highest BCUT2D eigenvalue weighted by molar-refractivity contribution is 7.84. The maximum absolute atomic E-state index is 11.0. The quantitative estimate of drug-likeness (QED) is 0.885. The number of thiazole rings is 1. The highest BCUT2D eigenvalue weighted by Gasteiger charge is 2.06. The Morgan fingerprint density at radius 1 is 1.44 bits per heavy atom. The lowest BCUT2D eigenvalue weighted by Crippen LogP contribution is -2.26. The van der Waals surface area contributed by atoms with E-state index in [-0.39, 0.29) is 0 Å². The number of para-hydroxylation sites is 1. The number of nitrogens with one attached hydrogen (secondary N) is 1. The molecule has 18 heavy (non-hydrogen) atoms. The summed E-state index contributed by atoms with van der Waals surface area (Å²) in [6, 6.07) is 8.56. The molecule has 2 rings (SSSR count). The van der Waals surface area contributed by atoms with Crippen molar-refractivity contribution in [1.29, 1.82) is 0 Å². The maximum Gasteiger partial charge on any atom is 0.108 e. The van der Waals surface area contributed by atoms with Crippen LogP contribution in [0.25, 0.3) is 10.2 Å². The predicted octanol–water partition coefficient (Wildman–Crippen LogP) is 2.54. The molecule has 2 aromatic rings. The number of aromatic nitrogens is 1. The van der Waals surface area contributed by atoms with Crippen LogP contribution in [0.3, 0.4) is 0 Å². The van der Waals surface area contributed by atoms with Gasteiger partial charge in [-0.25, -0.2) is 4.98 Å². The Labute approximate surface area is 114 Å². The summed E-state index contributed by atoms with van der Waals surface area (Å²) in [4.78, 5) is 4.58. The summed E-state index contributed by atoms with van der Waals surface area (Å²) in [7, 11) is -0.700. The normalized spacial score (nSPS) is 14.8. The summed E-state index contributed by atoms with van der Waals surface area (Å²) >= 11 is 1.73. The van der Waals surface area contributed by atoms with Gasteiger partial charge in [0.25, 0.3) is 0 Å². The number of rotatable bonds is 6. The molecule has 1 N–H and O–H groups in total. The molecule has 2 unspecified atom stereocenters. The Morgan fingerprint density at radius 3 is 2.94 bits per heavy atom. The van der Waals surface area contributed by atoms with Crippen LogP contribution in [0.4, 0.5) is 0 Å². The van der Waals surface area contributed by atoms with E-state index in [0.29, 0.717) is 6.04 Å². The Morgan fingerprint density at radius 2 is 2.22 bits per heavy atom. The SMILES string of the molecule is CC(CCS(C)=O)NCc1nc2ccccc2s1. The summed E-state index contributed by atoms with van der Waals surface area (Å²) in [5, 5.41) is 4.54. The number of fused-ring (bicyclic) bond motifs is 1. The van der Waals surface area contributed by atoms with Crippen LogP contribution in [0.2, 0.25) is 0 Å². The Bertz CT molecular complexity index is 506. The van der Waals surface area contributed by atoms with Crippen molar-refractivity contribution in [1.82, 2.24) is 10.3 Å². The minimum absolute atomic E-state index is 0.376. The van der Waals surface area contributed by atoms with Crippen LogP contribution in [-0.2, 0) is 17.3 Å². The van der Waals surface area contributed by atoms with Crippen molar-refractivity contribution >= 4 is 32.4 Å². The molecular formula is C13H18N2OS2. The second-order valence-electron chi connectivity index (χ2n) is 4.42. The van der Waals surface area contributed by atoms with Crippen LogP contribution in [-0.4, -0.2) is 27.2 Å². The highest BCUT2D eigenvalue weighted by atomic mass is 32.2. The molecule has 0 radical (unpaired) electrons. The first-order valence-electron chi connectivity index (χ1n) is 6.03. The van der Waals surface area contributed by atoms with Crippen LogP contribution in [0.15, 0.2) is 24.3 Å². The average molecular weight is 282 g/mol. The monoisotopic (exact) mass is 282 g/mol. The number of benzene rings is 1. The molecule has 1 heterocycles. The zero-order valence-corrected chi connectivity index (χ0v) is 12.3. The molecule has 98 valence electrons. The van der Waals surface area contributed by atoms with Gasteiger partial charge < -0.3 is 5.32 Å². The third kappa shape index (κ3) is 3.86. The molecule has 0 fully saturated rings. The minimum Gasteiger partial charge on any atom is -0.308 e. The predicted molar refractivity (Wildman–Crippen MR) is 79.5 cm³/mol. The molecule has 0 aliphatic rings. The van der Waals surface area contributed by atoms with Gasteiger partial charge in [-0.3, -0.25) is 4.21 Å². The lowest BCUT2D eigenvalue weighted by Gasteiger charge is -2.11. The molecule has 0 aliphatic carbocycles. The Balaban J connectivity index is 1.87. The van der Waals surface area contributed by atoms with Crippen molar-refractivity contribution in [3.05, 3.63) is 29.3 Å². The van der Waals surface area contributed by atoms with Gasteiger partial charge in [0.05, 0.1) is 10.2 Å². The van der Waals surface area contributed by atoms with E-state index in [0.717, 1.165) is 29.2 Å². The minimum atomic E-state index is -0.700. The summed E-state index contributed by atoms with van der Waals surface area (Å²) < 4.78 is 12.2. The summed E-state index contributed by atoms with van der Waals surface area (Å²) in [5.74, 6) is 0.758. The van der Waals surface area contributed by atoms with Crippen LogP contribution in [0.5, 0.6) is 0 Å². The van der Waals surface area contributed by atoms with Crippen LogP contribution in [0.1, 0.15) is 18.4 Å². The van der Waals surface area contributed by atoms with E-state index in [9.17, 15) is 4.21 Å². The number of nitrogens with zero attached hydrogens (tertiary/aromatic N) is 1. The van der Waals surface area contributed by atoms with E-state index in [4.69, 9.17) is 0 Å². The summed E-state index contributed by atoms with van der Waals surface area (Å²) in [6.45, 7) is 2.91. The molecule has 3 nitrogen and oxygen atoms in total. The fraction of sp³-hybridized carbons (Fsp3) is 0.462. The van der Waals surface area contributed by atoms with Crippen molar-refractivity contribution in [2.75, 3.05) is 12.0 Å². The molecule has 0 saturated heterocycles. The van der Waals surface area contributed by atoms with Gasteiger partial charge in [0.15, 0.2) is 0 Å². The molecule has 2 atom stereocenters. The van der Waals surface area contributed by atoms with E-state index in [1.54, 1.807) is 17.6 Å². The topological polar surface area (TPSA) is 42.0 Å². The van der Waals surface area contributed by atoms with Crippen molar-refractivity contribution in [2.24, 2.45) is 0 Å².